The van der Waals surface area contributed by atoms with E-state index in [4.69, 9.17) is 34.6 Å². The average molecular weight is 458 g/mol. The molecule has 12 nitrogen and oxygen atoms in total. The Morgan fingerprint density at radius 3 is 1.84 bits per heavy atom. The number of hydrogen-bond acceptors (Lipinski definition) is 9. The molecule has 0 aliphatic carbocycles. The number of rotatable bonds is 8. The molecule has 1 aliphatic heterocycles. The monoisotopic (exact) mass is 458 g/mol. The summed E-state index contributed by atoms with van der Waals surface area (Å²) in [7, 11) is 4.27. The van der Waals surface area contributed by atoms with Crippen molar-refractivity contribution in [3.8, 4) is 17.2 Å². The van der Waals surface area contributed by atoms with E-state index in [9.17, 15) is 14.4 Å². The van der Waals surface area contributed by atoms with E-state index in [0.29, 0.717) is 24.5 Å². The molecule has 0 amide bonds. The molecule has 5 N–H and O–H groups in total. The van der Waals surface area contributed by atoms with Crippen LogP contribution < -0.4 is 19.5 Å². The van der Waals surface area contributed by atoms with Gasteiger partial charge in [-0.3, -0.25) is 4.90 Å². The molecule has 1 aliphatic rings. The van der Waals surface area contributed by atoms with E-state index in [1.54, 1.807) is 0 Å². The number of methoxy groups -OCH3 is 3. The Morgan fingerprint density at radius 1 is 0.938 bits per heavy atom. The van der Waals surface area contributed by atoms with Crippen molar-refractivity contribution < 1.29 is 49.0 Å². The minimum absolute atomic E-state index is 0.0372. The molecule has 0 atom stereocenters. The molecule has 1 aromatic rings. The Labute approximate surface area is 185 Å². The summed E-state index contributed by atoms with van der Waals surface area (Å²) in [6.45, 7) is 5.43. The fourth-order valence-corrected chi connectivity index (χ4v) is 2.49. The van der Waals surface area contributed by atoms with Gasteiger partial charge in [-0.15, -0.1) is 0 Å². The molecule has 2 rings (SSSR count). The second-order valence-corrected chi connectivity index (χ2v) is 6.01. The SMILES string of the molecule is COc1ccc(C(=O)O)c(OC)c1OC.O=C(O)/C=C\C(=O)O.OCCN1CCNCC1. The van der Waals surface area contributed by atoms with E-state index in [-0.39, 0.29) is 17.1 Å². The molecule has 1 heterocycles. The number of nitrogens with one attached hydrogen (secondary N) is 1. The number of ether oxygens (including phenoxy) is 3. The number of nitrogens with zero attached hydrogens (tertiary/aromatic N) is 1. The first kappa shape index (κ1) is 28.6. The van der Waals surface area contributed by atoms with Gasteiger partial charge in [0, 0.05) is 44.9 Å². The fraction of sp³-hybridized carbons (Fsp3) is 0.450. The quantitative estimate of drug-likeness (QED) is 0.330. The van der Waals surface area contributed by atoms with Gasteiger partial charge >= 0.3 is 17.9 Å². The van der Waals surface area contributed by atoms with Crippen LogP contribution in [-0.2, 0) is 9.59 Å². The highest BCUT2D eigenvalue weighted by Gasteiger charge is 2.19. The maximum absolute atomic E-state index is 10.9. The molecule has 180 valence electrons. The van der Waals surface area contributed by atoms with Crippen LogP contribution in [0.4, 0.5) is 0 Å². The lowest BCUT2D eigenvalue weighted by molar-refractivity contribution is -0.134. The lowest BCUT2D eigenvalue weighted by atomic mass is 10.1. The first-order valence-electron chi connectivity index (χ1n) is 9.41. The van der Waals surface area contributed by atoms with E-state index >= 15 is 0 Å². The van der Waals surface area contributed by atoms with Crippen molar-refractivity contribution in [1.29, 1.82) is 0 Å². The van der Waals surface area contributed by atoms with Crippen LogP contribution in [0.5, 0.6) is 17.2 Å². The van der Waals surface area contributed by atoms with Gasteiger partial charge in [0.1, 0.15) is 5.56 Å². The number of β-amino-alcohol motifs (C(OH)–C–C–N with tert-alkyl or cyclic N) is 1. The van der Waals surface area contributed by atoms with Crippen LogP contribution in [0.25, 0.3) is 0 Å². The minimum Gasteiger partial charge on any atom is -0.493 e. The molecular weight excluding hydrogens is 428 g/mol. The van der Waals surface area contributed by atoms with Gasteiger partial charge in [0.25, 0.3) is 0 Å². The highest BCUT2D eigenvalue weighted by molar-refractivity contribution is 5.92. The summed E-state index contributed by atoms with van der Waals surface area (Å²) in [4.78, 5) is 32.2. The molecule has 32 heavy (non-hydrogen) atoms. The molecule has 1 aromatic carbocycles. The fourth-order valence-electron chi connectivity index (χ4n) is 2.49. The topological polar surface area (TPSA) is 175 Å². The Balaban J connectivity index is 0.000000485. The Morgan fingerprint density at radius 2 is 1.47 bits per heavy atom. The molecule has 0 aromatic heterocycles. The van der Waals surface area contributed by atoms with Crippen LogP contribution in [0.2, 0.25) is 0 Å². The summed E-state index contributed by atoms with van der Waals surface area (Å²) >= 11 is 0. The van der Waals surface area contributed by atoms with Crippen molar-refractivity contribution in [3.63, 3.8) is 0 Å². The van der Waals surface area contributed by atoms with Crippen LogP contribution in [0.1, 0.15) is 10.4 Å². The van der Waals surface area contributed by atoms with Crippen LogP contribution in [0, 0.1) is 0 Å². The molecule has 0 unspecified atom stereocenters. The van der Waals surface area contributed by atoms with Crippen LogP contribution in [0.15, 0.2) is 24.3 Å². The highest BCUT2D eigenvalue weighted by atomic mass is 16.5. The summed E-state index contributed by atoms with van der Waals surface area (Å²) in [5.41, 5.74) is 0.0372. The molecule has 0 spiro atoms. The number of benzene rings is 1. The van der Waals surface area contributed by atoms with Crippen molar-refractivity contribution >= 4 is 17.9 Å². The van der Waals surface area contributed by atoms with E-state index in [2.05, 4.69) is 10.2 Å². The first-order valence-corrected chi connectivity index (χ1v) is 9.41. The summed E-state index contributed by atoms with van der Waals surface area (Å²) < 4.78 is 15.0. The molecule has 0 bridgehead atoms. The van der Waals surface area contributed by atoms with Gasteiger partial charge in [-0.1, -0.05) is 0 Å². The van der Waals surface area contributed by atoms with E-state index in [0.717, 1.165) is 32.7 Å². The third-order valence-corrected chi connectivity index (χ3v) is 3.93. The normalized spacial score (nSPS) is 13.1. The number of aliphatic hydroxyl groups is 1. The molecule has 1 saturated heterocycles. The highest BCUT2D eigenvalue weighted by Crippen LogP contribution is 2.39. The van der Waals surface area contributed by atoms with Gasteiger partial charge in [0.2, 0.25) is 5.75 Å². The van der Waals surface area contributed by atoms with Crippen molar-refractivity contribution in [2.24, 2.45) is 0 Å². The number of piperazine rings is 1. The standard InChI is InChI=1S/C10H12O5.C6H14N2O.C4H4O4/c1-13-7-5-4-6(10(11)12)8(14-2)9(7)15-3;9-6-5-8-3-1-7-2-4-8;5-3(6)1-2-4(7)8/h4-5H,1-3H3,(H,11,12);7,9H,1-6H2;1-2H,(H,5,6)(H,7,8)/b;;2-1-. The van der Waals surface area contributed by atoms with Gasteiger partial charge in [-0.2, -0.15) is 0 Å². The van der Waals surface area contributed by atoms with Crippen molar-refractivity contribution in [3.05, 3.63) is 29.8 Å². The van der Waals surface area contributed by atoms with E-state index < -0.39 is 17.9 Å². The largest absolute Gasteiger partial charge is 0.493 e. The summed E-state index contributed by atoms with van der Waals surface area (Å²) in [6.07, 6.45) is 1.12. The third kappa shape index (κ3) is 11.2. The summed E-state index contributed by atoms with van der Waals surface area (Å²) in [6, 6.07) is 2.92. The predicted octanol–water partition coefficient (Wildman–Crippen LogP) is 0.00630. The maximum Gasteiger partial charge on any atom is 0.339 e. The number of carbonyl (C=O) groups is 3. The van der Waals surface area contributed by atoms with Gasteiger partial charge < -0.3 is 40.0 Å². The zero-order valence-electron chi connectivity index (χ0n) is 18.2. The average Bonchev–Trinajstić information content (AvgIpc) is 2.78. The number of aliphatic hydroxyl groups excluding tert-OH is 1. The molecule has 12 heteroatoms. The number of aliphatic carboxylic acids is 2. The van der Waals surface area contributed by atoms with Crippen molar-refractivity contribution in [2.75, 3.05) is 60.7 Å². The number of hydrogen-bond donors (Lipinski definition) is 5. The molecule has 0 saturated carbocycles. The zero-order chi connectivity index (χ0) is 24.5. The number of aromatic carboxylic acids is 1. The van der Waals surface area contributed by atoms with E-state index in [1.807, 2.05) is 0 Å². The zero-order valence-corrected chi connectivity index (χ0v) is 18.2. The summed E-state index contributed by atoms with van der Waals surface area (Å²) in [5, 5.41) is 36.3. The third-order valence-electron chi connectivity index (χ3n) is 3.93. The first-order chi connectivity index (χ1) is 15.2. The van der Waals surface area contributed by atoms with Crippen LogP contribution in [0.3, 0.4) is 0 Å². The van der Waals surface area contributed by atoms with E-state index in [1.165, 1.54) is 33.5 Å². The summed E-state index contributed by atoms with van der Waals surface area (Å²) in [5.74, 6) is -2.73. The van der Waals surface area contributed by atoms with Crippen LogP contribution >= 0.6 is 0 Å². The Bertz CT molecular complexity index is 742. The Hall–Kier alpha value is -3.35. The van der Waals surface area contributed by atoms with Gasteiger partial charge in [0.05, 0.1) is 27.9 Å². The minimum atomic E-state index is -1.26. The maximum atomic E-state index is 10.9. The van der Waals surface area contributed by atoms with Crippen molar-refractivity contribution in [1.82, 2.24) is 10.2 Å². The van der Waals surface area contributed by atoms with Crippen LogP contribution in [-0.4, -0.2) is 104 Å². The number of carboxylic acids is 3. The molecule has 1 fully saturated rings. The smallest absolute Gasteiger partial charge is 0.339 e. The second kappa shape index (κ2) is 16.4. The van der Waals surface area contributed by atoms with Gasteiger partial charge in [0.15, 0.2) is 11.5 Å². The Kier molecular flexibility index (Phi) is 14.6. The van der Waals surface area contributed by atoms with Gasteiger partial charge in [-0.05, 0) is 12.1 Å². The van der Waals surface area contributed by atoms with Gasteiger partial charge in [-0.25, -0.2) is 14.4 Å². The molecule has 0 radical (unpaired) electrons. The van der Waals surface area contributed by atoms with Crippen molar-refractivity contribution in [2.45, 2.75) is 0 Å². The lowest BCUT2D eigenvalue weighted by Gasteiger charge is -2.25. The predicted molar refractivity (Wildman–Crippen MR) is 114 cm³/mol. The molecular formula is C20H30N2O10. The lowest BCUT2D eigenvalue weighted by Crippen LogP contribution is -2.44. The number of carboxylic acid groups (broad SMARTS) is 3. The second-order valence-electron chi connectivity index (χ2n) is 6.01.